The van der Waals surface area contributed by atoms with Gasteiger partial charge >= 0.3 is 11.9 Å². The Bertz CT molecular complexity index is 681. The predicted molar refractivity (Wildman–Crippen MR) is 97.5 cm³/mol. The van der Waals surface area contributed by atoms with Crippen LogP contribution in [0, 0.1) is 0 Å². The predicted octanol–water partition coefficient (Wildman–Crippen LogP) is 1.23. The molecular formula is C17H22N2O6S. The fraction of sp³-hybridized carbons (Fsp3) is 0.353. The van der Waals surface area contributed by atoms with Crippen molar-refractivity contribution in [3.63, 3.8) is 0 Å². The maximum Gasteiger partial charge on any atom is 0.374 e. The van der Waals surface area contributed by atoms with Gasteiger partial charge in [-0.3, -0.25) is 9.59 Å². The summed E-state index contributed by atoms with van der Waals surface area (Å²) in [5.74, 6) is -2.76. The van der Waals surface area contributed by atoms with E-state index >= 15 is 0 Å². The summed E-state index contributed by atoms with van der Waals surface area (Å²) in [7, 11) is 0. The van der Waals surface area contributed by atoms with Gasteiger partial charge in [0.1, 0.15) is 12.6 Å². The van der Waals surface area contributed by atoms with Crippen molar-refractivity contribution in [1.82, 2.24) is 0 Å². The first kappa shape index (κ1) is 21.6. The van der Waals surface area contributed by atoms with E-state index in [1.165, 1.54) is 17.4 Å². The lowest BCUT2D eigenvalue weighted by Crippen LogP contribution is -2.29. The summed E-state index contributed by atoms with van der Waals surface area (Å²) in [6.07, 6.45) is 5.12. The number of aliphatic hydroxyl groups excluding tert-OH is 1. The number of carbonyl (C=O) groups is 3. The van der Waals surface area contributed by atoms with E-state index in [0.717, 1.165) is 17.7 Å². The zero-order valence-corrected chi connectivity index (χ0v) is 14.9. The number of rotatable bonds is 8. The zero-order valence-electron chi connectivity index (χ0n) is 14.1. The maximum absolute atomic E-state index is 11.6. The van der Waals surface area contributed by atoms with Crippen LogP contribution in [0.15, 0.2) is 34.9 Å². The highest BCUT2D eigenvalue weighted by Gasteiger charge is 2.27. The summed E-state index contributed by atoms with van der Waals surface area (Å²) in [5.41, 5.74) is 10.4. The number of carbonyl (C=O) groups excluding carboxylic acids is 2. The van der Waals surface area contributed by atoms with Crippen molar-refractivity contribution in [2.24, 2.45) is 11.5 Å². The number of esters is 1. The van der Waals surface area contributed by atoms with Gasteiger partial charge in [-0.15, -0.1) is 11.3 Å². The first-order valence-electron chi connectivity index (χ1n) is 7.90. The molecule has 0 bridgehead atoms. The van der Waals surface area contributed by atoms with Gasteiger partial charge in [0.2, 0.25) is 5.76 Å². The normalized spacial score (nSPS) is 14.8. The molecule has 0 spiro atoms. The Labute approximate surface area is 154 Å². The molecule has 1 aromatic rings. The Kier molecular flexibility index (Phi) is 9.27. The third-order valence-corrected chi connectivity index (χ3v) is 4.19. The molecule has 1 atom stereocenters. The summed E-state index contributed by atoms with van der Waals surface area (Å²) in [5, 5.41) is 19.5. The summed E-state index contributed by atoms with van der Waals surface area (Å²) in [4.78, 5) is 33.4. The molecule has 0 fully saturated rings. The maximum atomic E-state index is 11.6. The van der Waals surface area contributed by atoms with Crippen LogP contribution < -0.4 is 11.5 Å². The third-order valence-electron chi connectivity index (χ3n) is 3.35. The Morgan fingerprint density at radius 3 is 2.62 bits per heavy atom. The van der Waals surface area contributed by atoms with Crippen LogP contribution in [-0.4, -0.2) is 47.1 Å². The molecule has 0 aliphatic carbocycles. The molecule has 1 aromatic heterocycles. The molecule has 0 aromatic carbocycles. The van der Waals surface area contributed by atoms with Crippen LogP contribution in [0.25, 0.3) is 6.08 Å². The van der Waals surface area contributed by atoms with Crippen molar-refractivity contribution in [2.75, 3.05) is 13.2 Å². The molecule has 8 nitrogen and oxygen atoms in total. The number of thiophene rings is 1. The Morgan fingerprint density at radius 1 is 1.38 bits per heavy atom. The van der Waals surface area contributed by atoms with Crippen molar-refractivity contribution < 1.29 is 29.3 Å². The van der Waals surface area contributed by atoms with E-state index in [2.05, 4.69) is 4.74 Å². The molecule has 0 radical (unpaired) electrons. The molecule has 0 saturated carbocycles. The minimum Gasteiger partial charge on any atom is -0.501 e. The van der Waals surface area contributed by atoms with Crippen molar-refractivity contribution >= 4 is 35.1 Å². The van der Waals surface area contributed by atoms with E-state index in [1.54, 1.807) is 6.08 Å². The van der Waals surface area contributed by atoms with E-state index in [-0.39, 0.29) is 12.2 Å². The lowest BCUT2D eigenvalue weighted by atomic mass is 10.1. The van der Waals surface area contributed by atoms with E-state index in [9.17, 15) is 19.5 Å². The molecule has 142 valence electrons. The largest absolute Gasteiger partial charge is 0.501 e. The van der Waals surface area contributed by atoms with Gasteiger partial charge in [-0.05, 0) is 43.0 Å². The monoisotopic (exact) mass is 382 g/mol. The number of ketones is 1. The summed E-state index contributed by atoms with van der Waals surface area (Å²) in [6.45, 7) is 0.449. The number of aliphatic hydroxyl groups is 1. The van der Waals surface area contributed by atoms with Gasteiger partial charge in [0.25, 0.3) is 0 Å². The molecule has 0 saturated heterocycles. The molecule has 2 heterocycles. The van der Waals surface area contributed by atoms with E-state index in [0.29, 0.717) is 13.0 Å². The second-order valence-electron chi connectivity index (χ2n) is 5.35. The van der Waals surface area contributed by atoms with Crippen LogP contribution in [0.3, 0.4) is 0 Å². The van der Waals surface area contributed by atoms with Gasteiger partial charge in [-0.1, -0.05) is 12.5 Å². The van der Waals surface area contributed by atoms with Crippen molar-refractivity contribution in [3.05, 3.63) is 39.8 Å². The molecule has 0 amide bonds. The van der Waals surface area contributed by atoms with Gasteiger partial charge in [-0.25, -0.2) is 4.79 Å². The van der Waals surface area contributed by atoms with Gasteiger partial charge in [0.05, 0.1) is 5.57 Å². The van der Waals surface area contributed by atoms with Crippen LogP contribution in [0.4, 0.5) is 0 Å². The van der Waals surface area contributed by atoms with E-state index < -0.39 is 29.5 Å². The SMILES string of the molecule is NCCCCC(N)C(=O)O.O=C(/C=C/c1cccs1)C1=C(O)C(=O)OC1. The standard InChI is InChI=1S/C11H8O4S.C6H14N2O2/c12-9(4-3-7-2-1-5-16-7)8-6-15-11(14)10(8)13;7-4-2-1-3-5(8)6(9)10/h1-5,13H,6H2;5H,1-4,7-8H2,(H,9,10)/b4-3+;. The van der Waals surface area contributed by atoms with Crippen LogP contribution in [0.2, 0.25) is 0 Å². The number of ether oxygens (including phenoxy) is 1. The van der Waals surface area contributed by atoms with Crippen molar-refractivity contribution in [2.45, 2.75) is 25.3 Å². The Morgan fingerprint density at radius 2 is 2.12 bits per heavy atom. The molecule has 1 aliphatic rings. The smallest absolute Gasteiger partial charge is 0.374 e. The molecule has 6 N–H and O–H groups in total. The summed E-state index contributed by atoms with van der Waals surface area (Å²) >= 11 is 1.49. The number of unbranched alkanes of at least 4 members (excludes halogenated alkanes) is 1. The number of carboxylic acids is 1. The summed E-state index contributed by atoms with van der Waals surface area (Å²) in [6, 6.07) is 3.01. The highest BCUT2D eigenvalue weighted by atomic mass is 32.1. The molecule has 9 heteroatoms. The fourth-order valence-electron chi connectivity index (χ4n) is 1.86. The second-order valence-corrected chi connectivity index (χ2v) is 6.32. The number of hydrogen-bond donors (Lipinski definition) is 4. The average Bonchev–Trinajstić information content (AvgIpc) is 3.24. The van der Waals surface area contributed by atoms with Gasteiger partial charge < -0.3 is 26.4 Å². The lowest BCUT2D eigenvalue weighted by molar-refractivity contribution is -0.139. The number of allylic oxidation sites excluding steroid dienone is 1. The topological polar surface area (TPSA) is 153 Å². The van der Waals surface area contributed by atoms with Crippen LogP contribution in [0.1, 0.15) is 24.1 Å². The molecule has 1 unspecified atom stereocenters. The van der Waals surface area contributed by atoms with E-state index in [1.807, 2.05) is 17.5 Å². The highest BCUT2D eigenvalue weighted by Crippen LogP contribution is 2.16. The Hall–Kier alpha value is -2.49. The first-order chi connectivity index (χ1) is 12.4. The van der Waals surface area contributed by atoms with Crippen molar-refractivity contribution in [3.8, 4) is 0 Å². The number of carboxylic acid groups (broad SMARTS) is 1. The quantitative estimate of drug-likeness (QED) is 0.297. The van der Waals surface area contributed by atoms with Gasteiger partial charge in [0, 0.05) is 4.88 Å². The number of hydrogen-bond acceptors (Lipinski definition) is 8. The number of nitrogens with two attached hydrogens (primary N) is 2. The van der Waals surface area contributed by atoms with Crippen molar-refractivity contribution in [1.29, 1.82) is 0 Å². The third kappa shape index (κ3) is 7.18. The average molecular weight is 382 g/mol. The molecule has 1 aliphatic heterocycles. The number of cyclic esters (lactones) is 1. The van der Waals surface area contributed by atoms with Crippen LogP contribution >= 0.6 is 11.3 Å². The minimum absolute atomic E-state index is 0.0119. The first-order valence-corrected chi connectivity index (χ1v) is 8.78. The van der Waals surface area contributed by atoms with Gasteiger partial charge in [-0.2, -0.15) is 0 Å². The molecule has 26 heavy (non-hydrogen) atoms. The number of aliphatic carboxylic acids is 1. The zero-order chi connectivity index (χ0) is 19.5. The van der Waals surface area contributed by atoms with Crippen LogP contribution in [0.5, 0.6) is 0 Å². The highest BCUT2D eigenvalue weighted by molar-refractivity contribution is 7.10. The second kappa shape index (κ2) is 11.2. The summed E-state index contributed by atoms with van der Waals surface area (Å²) < 4.78 is 4.52. The minimum atomic E-state index is -0.933. The molecular weight excluding hydrogens is 360 g/mol. The Balaban J connectivity index is 0.000000294. The lowest BCUT2D eigenvalue weighted by Gasteiger charge is -2.03. The fourth-order valence-corrected chi connectivity index (χ4v) is 2.48. The van der Waals surface area contributed by atoms with Crippen LogP contribution in [-0.2, 0) is 19.1 Å². The molecule has 2 rings (SSSR count). The van der Waals surface area contributed by atoms with Gasteiger partial charge in [0.15, 0.2) is 5.78 Å². The van der Waals surface area contributed by atoms with E-state index in [4.69, 9.17) is 16.6 Å².